The van der Waals surface area contributed by atoms with E-state index in [1.807, 2.05) is 18.2 Å². The Bertz CT molecular complexity index is 771. The average Bonchev–Trinajstić information content (AvgIpc) is 2.60. The number of carbonyl (C=O) groups is 3. The van der Waals surface area contributed by atoms with Crippen LogP contribution >= 0.6 is 0 Å². The van der Waals surface area contributed by atoms with Crippen LogP contribution in [0.25, 0.3) is 0 Å². The van der Waals surface area contributed by atoms with Crippen LogP contribution in [0.4, 0.5) is 5.69 Å². The molecular formula is C18H16N2O4. The lowest BCUT2D eigenvalue weighted by molar-refractivity contribution is -0.146. The minimum Gasteiger partial charge on any atom is -0.478 e. The fourth-order valence-electron chi connectivity index (χ4n) is 2.65. The van der Waals surface area contributed by atoms with Crippen LogP contribution in [0.1, 0.15) is 15.9 Å². The number of carboxylic acid groups (broad SMARTS) is 1. The van der Waals surface area contributed by atoms with Gasteiger partial charge in [-0.1, -0.05) is 30.3 Å². The van der Waals surface area contributed by atoms with Gasteiger partial charge in [-0.25, -0.2) is 4.79 Å². The summed E-state index contributed by atoms with van der Waals surface area (Å²) in [6.07, 6.45) is 0. The van der Waals surface area contributed by atoms with Crippen molar-refractivity contribution < 1.29 is 19.5 Å². The number of hydrogen-bond donors (Lipinski definition) is 1. The Morgan fingerprint density at radius 1 is 0.917 bits per heavy atom. The number of carbonyl (C=O) groups excluding carboxylic acids is 2. The summed E-state index contributed by atoms with van der Waals surface area (Å²) in [5.74, 6) is -2.09. The molecule has 0 saturated carbocycles. The number of benzene rings is 2. The first-order valence-electron chi connectivity index (χ1n) is 7.54. The predicted octanol–water partition coefficient (Wildman–Crippen LogP) is 1.76. The molecule has 1 heterocycles. The summed E-state index contributed by atoms with van der Waals surface area (Å²) in [5, 5.41) is 8.90. The van der Waals surface area contributed by atoms with Gasteiger partial charge in [-0.15, -0.1) is 0 Å². The molecule has 122 valence electrons. The average molecular weight is 324 g/mol. The van der Waals surface area contributed by atoms with Gasteiger partial charge in [-0.3, -0.25) is 9.59 Å². The second-order valence-corrected chi connectivity index (χ2v) is 5.52. The van der Waals surface area contributed by atoms with Crippen LogP contribution in [0, 0.1) is 0 Å². The summed E-state index contributed by atoms with van der Waals surface area (Å²) >= 11 is 0. The van der Waals surface area contributed by atoms with Crippen molar-refractivity contribution in [2.24, 2.45) is 0 Å². The molecule has 3 rings (SSSR count). The highest BCUT2D eigenvalue weighted by atomic mass is 16.4. The minimum absolute atomic E-state index is 0.190. The van der Waals surface area contributed by atoms with E-state index in [2.05, 4.69) is 0 Å². The molecule has 0 aromatic heterocycles. The molecule has 0 bridgehead atoms. The van der Waals surface area contributed by atoms with Crippen LogP contribution in [0.3, 0.4) is 0 Å². The molecule has 1 aliphatic heterocycles. The van der Waals surface area contributed by atoms with Gasteiger partial charge in [-0.05, 0) is 29.8 Å². The topological polar surface area (TPSA) is 77.9 Å². The largest absolute Gasteiger partial charge is 0.478 e. The Balaban J connectivity index is 1.70. The molecule has 6 heteroatoms. The summed E-state index contributed by atoms with van der Waals surface area (Å²) in [4.78, 5) is 38.5. The first kappa shape index (κ1) is 15.7. The standard InChI is InChI=1S/C18H16N2O4/c21-16-17(22)20(15-4-2-1-3-5-15)11-10-19(16)12-13-6-8-14(9-7-13)18(23)24/h1-9H,10-12H2,(H,23,24). The third-order valence-corrected chi connectivity index (χ3v) is 3.95. The van der Waals surface area contributed by atoms with Crippen LogP contribution in [0.15, 0.2) is 54.6 Å². The molecule has 0 unspecified atom stereocenters. The quantitative estimate of drug-likeness (QED) is 0.869. The van der Waals surface area contributed by atoms with Crippen LogP contribution < -0.4 is 4.90 Å². The highest BCUT2D eigenvalue weighted by Gasteiger charge is 2.33. The normalized spacial score (nSPS) is 14.8. The molecule has 2 aromatic rings. The van der Waals surface area contributed by atoms with Gasteiger partial charge in [0.2, 0.25) is 0 Å². The number of hydrogen-bond acceptors (Lipinski definition) is 3. The molecule has 1 N–H and O–H groups in total. The van der Waals surface area contributed by atoms with E-state index in [-0.39, 0.29) is 12.1 Å². The molecule has 0 aliphatic carbocycles. The van der Waals surface area contributed by atoms with E-state index < -0.39 is 17.8 Å². The number of nitrogens with zero attached hydrogens (tertiary/aromatic N) is 2. The van der Waals surface area contributed by atoms with E-state index in [4.69, 9.17) is 5.11 Å². The van der Waals surface area contributed by atoms with Gasteiger partial charge in [0.1, 0.15) is 0 Å². The van der Waals surface area contributed by atoms with E-state index in [0.717, 1.165) is 5.56 Å². The van der Waals surface area contributed by atoms with Crippen molar-refractivity contribution in [3.63, 3.8) is 0 Å². The monoisotopic (exact) mass is 324 g/mol. The van der Waals surface area contributed by atoms with Crippen LogP contribution in [-0.2, 0) is 16.1 Å². The predicted molar refractivity (Wildman–Crippen MR) is 87.6 cm³/mol. The zero-order valence-electron chi connectivity index (χ0n) is 12.9. The van der Waals surface area contributed by atoms with Gasteiger partial charge in [0, 0.05) is 25.3 Å². The molecule has 2 amide bonds. The van der Waals surface area contributed by atoms with Crippen molar-refractivity contribution in [1.29, 1.82) is 0 Å². The fraction of sp³-hybridized carbons (Fsp3) is 0.167. The lowest BCUT2D eigenvalue weighted by Gasteiger charge is -2.33. The van der Waals surface area contributed by atoms with E-state index in [0.29, 0.717) is 18.8 Å². The Labute approximate surface area is 138 Å². The van der Waals surface area contributed by atoms with E-state index in [1.165, 1.54) is 21.9 Å². The fourth-order valence-corrected chi connectivity index (χ4v) is 2.65. The molecule has 1 aliphatic rings. The maximum absolute atomic E-state index is 12.3. The third kappa shape index (κ3) is 3.12. The number of carboxylic acids is 1. The zero-order valence-corrected chi connectivity index (χ0v) is 12.9. The number of rotatable bonds is 4. The summed E-state index contributed by atoms with van der Waals surface area (Å²) in [5.41, 5.74) is 1.69. The summed E-state index contributed by atoms with van der Waals surface area (Å²) < 4.78 is 0. The SMILES string of the molecule is O=C(O)c1ccc(CN2CCN(c3ccccc3)C(=O)C2=O)cc1. The second-order valence-electron chi connectivity index (χ2n) is 5.52. The van der Waals surface area contributed by atoms with Gasteiger partial charge in [0.25, 0.3) is 0 Å². The van der Waals surface area contributed by atoms with E-state index >= 15 is 0 Å². The summed E-state index contributed by atoms with van der Waals surface area (Å²) in [6, 6.07) is 15.4. The van der Waals surface area contributed by atoms with Crippen LogP contribution in [0.5, 0.6) is 0 Å². The lowest BCUT2D eigenvalue weighted by Crippen LogP contribution is -2.54. The van der Waals surface area contributed by atoms with Crippen molar-refractivity contribution in [3.8, 4) is 0 Å². The van der Waals surface area contributed by atoms with E-state index in [9.17, 15) is 14.4 Å². The Morgan fingerprint density at radius 2 is 1.58 bits per heavy atom. The molecule has 0 spiro atoms. The van der Waals surface area contributed by atoms with Crippen molar-refractivity contribution >= 4 is 23.5 Å². The first-order valence-corrected chi connectivity index (χ1v) is 7.54. The van der Waals surface area contributed by atoms with Gasteiger partial charge in [-0.2, -0.15) is 0 Å². The van der Waals surface area contributed by atoms with Gasteiger partial charge in [0.15, 0.2) is 0 Å². The Kier molecular flexibility index (Phi) is 4.29. The molecule has 1 saturated heterocycles. The van der Waals surface area contributed by atoms with Crippen molar-refractivity contribution in [2.75, 3.05) is 18.0 Å². The van der Waals surface area contributed by atoms with Crippen LogP contribution in [-0.4, -0.2) is 40.9 Å². The highest BCUT2D eigenvalue weighted by Crippen LogP contribution is 2.18. The molecule has 6 nitrogen and oxygen atoms in total. The smallest absolute Gasteiger partial charge is 0.335 e. The molecular weight excluding hydrogens is 308 g/mol. The molecule has 24 heavy (non-hydrogen) atoms. The summed E-state index contributed by atoms with van der Waals surface area (Å²) in [7, 11) is 0. The van der Waals surface area contributed by atoms with Gasteiger partial charge >= 0.3 is 17.8 Å². The van der Waals surface area contributed by atoms with E-state index in [1.54, 1.807) is 24.3 Å². The number of para-hydroxylation sites is 1. The Morgan fingerprint density at radius 3 is 2.21 bits per heavy atom. The van der Waals surface area contributed by atoms with Crippen LogP contribution in [0.2, 0.25) is 0 Å². The molecule has 2 aromatic carbocycles. The second kappa shape index (κ2) is 6.54. The van der Waals surface area contributed by atoms with Gasteiger partial charge < -0.3 is 14.9 Å². The lowest BCUT2D eigenvalue weighted by atomic mass is 10.1. The Hall–Kier alpha value is -3.15. The maximum Gasteiger partial charge on any atom is 0.335 e. The first-order chi connectivity index (χ1) is 11.6. The zero-order chi connectivity index (χ0) is 17.1. The van der Waals surface area contributed by atoms with Crippen molar-refractivity contribution in [3.05, 3.63) is 65.7 Å². The van der Waals surface area contributed by atoms with Crippen molar-refractivity contribution in [1.82, 2.24) is 4.90 Å². The number of anilines is 1. The van der Waals surface area contributed by atoms with Crippen molar-refractivity contribution in [2.45, 2.75) is 6.54 Å². The maximum atomic E-state index is 12.3. The third-order valence-electron chi connectivity index (χ3n) is 3.95. The molecule has 0 atom stereocenters. The highest BCUT2D eigenvalue weighted by molar-refractivity contribution is 6.40. The minimum atomic E-state index is -0.996. The van der Waals surface area contributed by atoms with Gasteiger partial charge in [0.05, 0.1) is 5.56 Å². The molecule has 1 fully saturated rings. The summed E-state index contributed by atoms with van der Waals surface area (Å²) in [6.45, 7) is 1.15. The molecule has 0 radical (unpaired) electrons. The number of amides is 2. The number of piperazine rings is 1. The number of aromatic carboxylic acids is 1.